The van der Waals surface area contributed by atoms with Crippen LogP contribution in [-0.4, -0.2) is 62.8 Å². The van der Waals surface area contributed by atoms with E-state index >= 15 is 0 Å². The fourth-order valence-corrected chi connectivity index (χ4v) is 4.01. The number of anilines is 1. The molecule has 2 heterocycles. The van der Waals surface area contributed by atoms with Gasteiger partial charge in [0.2, 0.25) is 5.01 Å². The summed E-state index contributed by atoms with van der Waals surface area (Å²) in [7, 11) is 0. The SMILES string of the molecule is CC(C)(C)OC(=O)N1CCN(Cc2nnc(C(=O)Nc3ccc(F)cc3)s2)C(C)(C)C1. The maximum atomic E-state index is 13.0. The number of aromatic nitrogens is 2. The van der Waals surface area contributed by atoms with Crippen LogP contribution in [0.15, 0.2) is 24.3 Å². The second kappa shape index (κ2) is 8.88. The highest BCUT2D eigenvalue weighted by molar-refractivity contribution is 7.13. The van der Waals surface area contributed by atoms with E-state index < -0.39 is 5.60 Å². The van der Waals surface area contributed by atoms with Gasteiger partial charge < -0.3 is 15.0 Å². The highest BCUT2D eigenvalue weighted by atomic mass is 32.1. The van der Waals surface area contributed by atoms with Crippen LogP contribution in [0.25, 0.3) is 0 Å². The van der Waals surface area contributed by atoms with Crippen LogP contribution in [0.5, 0.6) is 0 Å². The molecule has 168 valence electrons. The summed E-state index contributed by atoms with van der Waals surface area (Å²) in [5.41, 5.74) is -0.338. The third-order valence-electron chi connectivity index (χ3n) is 4.81. The lowest BCUT2D eigenvalue weighted by Crippen LogP contribution is -2.60. The van der Waals surface area contributed by atoms with Crippen molar-refractivity contribution < 1.29 is 18.7 Å². The molecule has 0 bridgehead atoms. The summed E-state index contributed by atoms with van der Waals surface area (Å²) in [6.45, 7) is 11.9. The number of nitrogens with one attached hydrogen (secondary N) is 1. The summed E-state index contributed by atoms with van der Waals surface area (Å²) in [4.78, 5) is 28.8. The number of amides is 2. The van der Waals surface area contributed by atoms with Gasteiger partial charge in [-0.15, -0.1) is 10.2 Å². The second-order valence-electron chi connectivity index (χ2n) is 9.10. The molecule has 8 nitrogen and oxygen atoms in total. The summed E-state index contributed by atoms with van der Waals surface area (Å²) in [5.74, 6) is -0.755. The molecule has 31 heavy (non-hydrogen) atoms. The molecule has 2 amide bonds. The number of ether oxygens (including phenoxy) is 1. The molecule has 1 saturated heterocycles. The van der Waals surface area contributed by atoms with Gasteiger partial charge in [0, 0.05) is 30.9 Å². The maximum absolute atomic E-state index is 13.0. The first-order valence-electron chi connectivity index (χ1n) is 10.1. The minimum absolute atomic E-state index is 0.240. The molecule has 0 saturated carbocycles. The Hall–Kier alpha value is -2.59. The Kier molecular flexibility index (Phi) is 6.61. The summed E-state index contributed by atoms with van der Waals surface area (Å²) >= 11 is 1.22. The van der Waals surface area contributed by atoms with Gasteiger partial charge in [-0.25, -0.2) is 9.18 Å². The minimum atomic E-state index is -0.532. The third-order valence-corrected chi connectivity index (χ3v) is 5.72. The number of benzene rings is 1. The average molecular weight is 450 g/mol. The van der Waals surface area contributed by atoms with E-state index in [1.807, 2.05) is 20.8 Å². The Morgan fingerprint density at radius 3 is 2.48 bits per heavy atom. The molecule has 0 spiro atoms. The van der Waals surface area contributed by atoms with E-state index in [1.165, 1.54) is 35.6 Å². The predicted octanol–water partition coefficient (Wildman–Crippen LogP) is 3.76. The molecule has 0 atom stereocenters. The Morgan fingerprint density at radius 1 is 1.19 bits per heavy atom. The zero-order chi connectivity index (χ0) is 22.8. The number of halogens is 1. The van der Waals surface area contributed by atoms with Crippen molar-refractivity contribution in [2.45, 2.75) is 52.3 Å². The number of rotatable bonds is 4. The Labute approximate surface area is 185 Å². The number of hydrogen-bond acceptors (Lipinski definition) is 7. The largest absolute Gasteiger partial charge is 0.444 e. The standard InChI is InChI=1S/C21H28FN5O3S/c1-20(2,3)30-19(29)26-10-11-27(21(4,5)13-26)12-16-24-25-18(31-16)17(28)23-15-8-6-14(22)7-9-15/h6-9H,10-13H2,1-5H3,(H,23,28). The van der Waals surface area contributed by atoms with Crippen LogP contribution in [0.1, 0.15) is 49.4 Å². The Bertz CT molecular complexity index is 939. The lowest BCUT2D eigenvalue weighted by Gasteiger charge is -2.46. The van der Waals surface area contributed by atoms with Crippen LogP contribution in [0.3, 0.4) is 0 Å². The lowest BCUT2D eigenvalue weighted by atomic mass is 9.99. The molecule has 1 aromatic heterocycles. The third kappa shape index (κ3) is 6.20. The average Bonchev–Trinajstić information content (AvgIpc) is 3.12. The van der Waals surface area contributed by atoms with E-state index in [-0.39, 0.29) is 28.4 Å². The molecule has 1 N–H and O–H groups in total. The molecule has 1 aromatic carbocycles. The monoisotopic (exact) mass is 449 g/mol. The van der Waals surface area contributed by atoms with E-state index in [0.717, 1.165) is 0 Å². The van der Waals surface area contributed by atoms with Crippen molar-refractivity contribution in [3.05, 3.63) is 40.1 Å². The molecule has 1 aliphatic heterocycles. The first kappa shape index (κ1) is 23.1. The van der Waals surface area contributed by atoms with Crippen molar-refractivity contribution in [1.29, 1.82) is 0 Å². The first-order valence-corrected chi connectivity index (χ1v) is 10.9. The normalized spacial score (nSPS) is 16.8. The van der Waals surface area contributed by atoms with Crippen molar-refractivity contribution in [3.63, 3.8) is 0 Å². The molecule has 0 unspecified atom stereocenters. The lowest BCUT2D eigenvalue weighted by molar-refractivity contribution is -0.0178. The first-order chi connectivity index (χ1) is 14.4. The molecular formula is C21H28FN5O3S. The second-order valence-corrected chi connectivity index (χ2v) is 10.2. The van der Waals surface area contributed by atoms with Gasteiger partial charge in [0.25, 0.3) is 5.91 Å². The van der Waals surface area contributed by atoms with E-state index in [0.29, 0.717) is 36.9 Å². The van der Waals surface area contributed by atoms with Crippen molar-refractivity contribution in [2.24, 2.45) is 0 Å². The summed E-state index contributed by atoms with van der Waals surface area (Å²) in [5, 5.41) is 11.8. The van der Waals surface area contributed by atoms with Crippen LogP contribution < -0.4 is 5.32 Å². The van der Waals surface area contributed by atoms with Gasteiger partial charge in [-0.1, -0.05) is 11.3 Å². The smallest absolute Gasteiger partial charge is 0.410 e. The Morgan fingerprint density at radius 2 is 1.87 bits per heavy atom. The zero-order valence-corrected chi connectivity index (χ0v) is 19.3. The molecule has 1 fully saturated rings. The summed E-state index contributed by atoms with van der Waals surface area (Å²) < 4.78 is 18.5. The Balaban J connectivity index is 1.59. The number of nitrogens with zero attached hydrogens (tertiary/aromatic N) is 4. The topological polar surface area (TPSA) is 87.7 Å². The fraction of sp³-hybridized carbons (Fsp3) is 0.524. The predicted molar refractivity (Wildman–Crippen MR) is 117 cm³/mol. The highest BCUT2D eigenvalue weighted by Crippen LogP contribution is 2.26. The number of carbonyl (C=O) groups is 2. The summed E-state index contributed by atoms with van der Waals surface area (Å²) in [6.07, 6.45) is -0.309. The van der Waals surface area contributed by atoms with Gasteiger partial charge in [0.05, 0.1) is 6.54 Å². The van der Waals surface area contributed by atoms with Crippen molar-refractivity contribution in [1.82, 2.24) is 20.0 Å². The molecule has 1 aliphatic rings. The maximum Gasteiger partial charge on any atom is 0.410 e. The van der Waals surface area contributed by atoms with Crippen molar-refractivity contribution in [2.75, 3.05) is 25.0 Å². The number of carbonyl (C=O) groups excluding carboxylic acids is 2. The number of hydrogen-bond donors (Lipinski definition) is 1. The van der Waals surface area contributed by atoms with E-state index in [1.54, 1.807) is 4.90 Å². The van der Waals surface area contributed by atoms with Crippen LogP contribution in [0.4, 0.5) is 14.9 Å². The van der Waals surface area contributed by atoms with Crippen LogP contribution >= 0.6 is 11.3 Å². The molecule has 10 heteroatoms. The molecule has 2 aromatic rings. The van der Waals surface area contributed by atoms with E-state index in [4.69, 9.17) is 4.74 Å². The molecule has 3 rings (SSSR count). The molecule has 0 aliphatic carbocycles. The van der Waals surface area contributed by atoms with Crippen LogP contribution in [0.2, 0.25) is 0 Å². The van der Waals surface area contributed by atoms with E-state index in [2.05, 4.69) is 34.3 Å². The van der Waals surface area contributed by atoms with Crippen LogP contribution in [-0.2, 0) is 11.3 Å². The minimum Gasteiger partial charge on any atom is -0.444 e. The van der Waals surface area contributed by atoms with Gasteiger partial charge in [-0.2, -0.15) is 0 Å². The quantitative estimate of drug-likeness (QED) is 0.765. The van der Waals surface area contributed by atoms with Gasteiger partial charge >= 0.3 is 6.09 Å². The van der Waals surface area contributed by atoms with Gasteiger partial charge in [-0.05, 0) is 58.9 Å². The van der Waals surface area contributed by atoms with Gasteiger partial charge in [0.1, 0.15) is 16.4 Å². The zero-order valence-electron chi connectivity index (χ0n) is 18.4. The fourth-order valence-electron chi connectivity index (χ4n) is 3.26. The van der Waals surface area contributed by atoms with Gasteiger partial charge in [-0.3, -0.25) is 9.69 Å². The van der Waals surface area contributed by atoms with Crippen molar-refractivity contribution >= 4 is 29.0 Å². The van der Waals surface area contributed by atoms with Gasteiger partial charge in [0.15, 0.2) is 0 Å². The number of piperazine rings is 1. The molecule has 0 radical (unpaired) electrons. The summed E-state index contributed by atoms with van der Waals surface area (Å²) in [6, 6.07) is 5.53. The highest BCUT2D eigenvalue weighted by Gasteiger charge is 2.37. The van der Waals surface area contributed by atoms with Crippen molar-refractivity contribution in [3.8, 4) is 0 Å². The van der Waals surface area contributed by atoms with Crippen LogP contribution in [0, 0.1) is 5.82 Å². The molecular weight excluding hydrogens is 421 g/mol. The van der Waals surface area contributed by atoms with E-state index in [9.17, 15) is 14.0 Å².